The van der Waals surface area contributed by atoms with Gasteiger partial charge in [0.15, 0.2) is 0 Å². The van der Waals surface area contributed by atoms with E-state index in [1.165, 1.54) is 0 Å². The Morgan fingerprint density at radius 2 is 1.78 bits per heavy atom. The van der Waals surface area contributed by atoms with E-state index in [9.17, 15) is 9.59 Å². The fourth-order valence-electron chi connectivity index (χ4n) is 2.54. The monoisotopic (exact) mass is 348 g/mol. The highest BCUT2D eigenvalue weighted by Gasteiger charge is 2.22. The van der Waals surface area contributed by atoms with E-state index in [2.05, 4.69) is 5.32 Å². The Morgan fingerprint density at radius 3 is 2.43 bits per heavy atom. The number of anilines is 2. The van der Waals surface area contributed by atoms with Gasteiger partial charge in [-0.05, 0) is 36.8 Å². The number of benzene rings is 2. The zero-order valence-corrected chi connectivity index (χ0v) is 13.7. The summed E-state index contributed by atoms with van der Waals surface area (Å²) in [7, 11) is 0. The molecule has 118 valence electrons. The average Bonchev–Trinajstić information content (AvgIpc) is 2.97. The van der Waals surface area contributed by atoms with Gasteiger partial charge in [-0.1, -0.05) is 35.3 Å². The molecule has 1 N–H and O–H groups in total. The van der Waals surface area contributed by atoms with Crippen molar-refractivity contribution in [1.82, 2.24) is 0 Å². The third kappa shape index (κ3) is 3.33. The molecule has 3 rings (SSSR count). The number of hydrogen-bond donors (Lipinski definition) is 1. The number of nitrogens with one attached hydrogen (secondary N) is 1. The Morgan fingerprint density at radius 1 is 1.09 bits per heavy atom. The van der Waals surface area contributed by atoms with Crippen molar-refractivity contribution in [3.63, 3.8) is 0 Å². The minimum atomic E-state index is -0.325. The number of amides is 2. The van der Waals surface area contributed by atoms with Crippen molar-refractivity contribution in [2.45, 2.75) is 12.8 Å². The largest absolute Gasteiger partial charge is 0.319 e. The number of carbonyl (C=O) groups is 2. The predicted molar refractivity (Wildman–Crippen MR) is 92.4 cm³/mol. The molecule has 0 bridgehead atoms. The van der Waals surface area contributed by atoms with E-state index in [4.69, 9.17) is 23.2 Å². The van der Waals surface area contributed by atoms with E-state index in [1.807, 2.05) is 6.07 Å². The van der Waals surface area contributed by atoms with Crippen LogP contribution in [0.25, 0.3) is 0 Å². The number of carbonyl (C=O) groups excluding carboxylic acids is 2. The standard InChI is InChI=1S/C17H14Cl2N2O2/c18-13-6-2-7-14(19)16(13)20-17(23)11-4-1-5-12(10-11)21-9-3-8-15(21)22/h1-2,4-7,10H,3,8-9H2,(H,20,23). The lowest BCUT2D eigenvalue weighted by Gasteiger charge is -2.16. The molecule has 0 spiro atoms. The molecule has 2 amide bonds. The number of nitrogens with zero attached hydrogens (tertiary/aromatic N) is 1. The molecule has 0 radical (unpaired) electrons. The summed E-state index contributed by atoms with van der Waals surface area (Å²) in [6.07, 6.45) is 1.39. The van der Waals surface area contributed by atoms with Crippen molar-refractivity contribution in [2.75, 3.05) is 16.8 Å². The maximum atomic E-state index is 12.4. The van der Waals surface area contributed by atoms with Crippen LogP contribution in [0.15, 0.2) is 42.5 Å². The second-order valence-electron chi connectivity index (χ2n) is 5.25. The molecule has 4 nitrogen and oxygen atoms in total. The zero-order valence-electron chi connectivity index (χ0n) is 12.2. The van der Waals surface area contributed by atoms with Crippen LogP contribution in [-0.2, 0) is 4.79 Å². The van der Waals surface area contributed by atoms with Crippen LogP contribution in [0.2, 0.25) is 10.0 Å². The summed E-state index contributed by atoms with van der Waals surface area (Å²) in [6.45, 7) is 0.681. The molecule has 0 atom stereocenters. The van der Waals surface area contributed by atoms with Gasteiger partial charge in [-0.3, -0.25) is 9.59 Å². The topological polar surface area (TPSA) is 49.4 Å². The van der Waals surface area contributed by atoms with Crippen LogP contribution in [-0.4, -0.2) is 18.4 Å². The molecule has 2 aromatic rings. The van der Waals surface area contributed by atoms with E-state index < -0.39 is 0 Å². The van der Waals surface area contributed by atoms with Crippen molar-refractivity contribution < 1.29 is 9.59 Å². The van der Waals surface area contributed by atoms with E-state index >= 15 is 0 Å². The summed E-state index contributed by atoms with van der Waals surface area (Å²) in [5.74, 6) is -0.245. The minimum Gasteiger partial charge on any atom is -0.319 e. The third-order valence-electron chi connectivity index (χ3n) is 3.69. The molecule has 0 aliphatic carbocycles. The molecule has 6 heteroatoms. The molecule has 1 saturated heterocycles. The van der Waals surface area contributed by atoms with Crippen molar-refractivity contribution in [3.8, 4) is 0 Å². The molecule has 1 aliphatic heterocycles. The van der Waals surface area contributed by atoms with Crippen LogP contribution in [0, 0.1) is 0 Å². The van der Waals surface area contributed by atoms with Crippen molar-refractivity contribution in [2.24, 2.45) is 0 Å². The van der Waals surface area contributed by atoms with Crippen molar-refractivity contribution in [3.05, 3.63) is 58.1 Å². The van der Waals surface area contributed by atoms with Crippen LogP contribution in [0.5, 0.6) is 0 Å². The van der Waals surface area contributed by atoms with Crippen LogP contribution in [0.4, 0.5) is 11.4 Å². The van der Waals surface area contributed by atoms with Gasteiger partial charge in [0.1, 0.15) is 0 Å². The van der Waals surface area contributed by atoms with Gasteiger partial charge in [0, 0.05) is 24.2 Å². The molecule has 0 aromatic heterocycles. The molecule has 1 fully saturated rings. The van der Waals surface area contributed by atoms with Crippen LogP contribution < -0.4 is 10.2 Å². The first-order valence-electron chi connectivity index (χ1n) is 7.22. The van der Waals surface area contributed by atoms with Crippen LogP contribution in [0.3, 0.4) is 0 Å². The van der Waals surface area contributed by atoms with E-state index in [0.717, 1.165) is 12.1 Å². The zero-order chi connectivity index (χ0) is 16.4. The first kappa shape index (κ1) is 15.8. The van der Waals surface area contributed by atoms with Gasteiger partial charge < -0.3 is 10.2 Å². The van der Waals surface area contributed by atoms with Gasteiger partial charge in [-0.15, -0.1) is 0 Å². The highest BCUT2D eigenvalue weighted by Crippen LogP contribution is 2.30. The maximum Gasteiger partial charge on any atom is 0.255 e. The Kier molecular flexibility index (Phi) is 4.55. The summed E-state index contributed by atoms with van der Waals surface area (Å²) >= 11 is 12.1. The summed E-state index contributed by atoms with van der Waals surface area (Å²) in [5, 5.41) is 3.46. The molecule has 2 aromatic carbocycles. The minimum absolute atomic E-state index is 0.0803. The molecule has 1 aliphatic rings. The second kappa shape index (κ2) is 6.60. The lowest BCUT2D eigenvalue weighted by Crippen LogP contribution is -2.24. The van der Waals surface area contributed by atoms with Gasteiger partial charge in [-0.2, -0.15) is 0 Å². The molecule has 1 heterocycles. The number of hydrogen-bond acceptors (Lipinski definition) is 2. The fraction of sp³-hybridized carbons (Fsp3) is 0.176. The Bertz CT molecular complexity index is 757. The maximum absolute atomic E-state index is 12.4. The van der Waals surface area contributed by atoms with Gasteiger partial charge >= 0.3 is 0 Å². The quantitative estimate of drug-likeness (QED) is 0.894. The average molecular weight is 349 g/mol. The summed E-state index contributed by atoms with van der Waals surface area (Å²) in [4.78, 5) is 26.0. The Labute approximate surface area is 144 Å². The SMILES string of the molecule is O=C(Nc1c(Cl)cccc1Cl)c1cccc(N2CCCC2=O)c1. The molecule has 0 saturated carbocycles. The van der Waals surface area contributed by atoms with Crippen LogP contribution in [0.1, 0.15) is 23.2 Å². The van der Waals surface area contributed by atoms with Gasteiger partial charge in [-0.25, -0.2) is 0 Å². The van der Waals surface area contributed by atoms with E-state index in [1.54, 1.807) is 41.3 Å². The van der Waals surface area contributed by atoms with Gasteiger partial charge in [0.25, 0.3) is 5.91 Å². The van der Waals surface area contributed by atoms with Gasteiger partial charge in [0.2, 0.25) is 5.91 Å². The number of halogens is 2. The highest BCUT2D eigenvalue weighted by atomic mass is 35.5. The molecule has 0 unspecified atom stereocenters. The lowest BCUT2D eigenvalue weighted by atomic mass is 10.1. The summed E-state index contributed by atoms with van der Waals surface area (Å²) in [5.41, 5.74) is 1.55. The third-order valence-corrected chi connectivity index (χ3v) is 4.32. The van der Waals surface area contributed by atoms with E-state index in [-0.39, 0.29) is 11.8 Å². The smallest absolute Gasteiger partial charge is 0.255 e. The Hall–Kier alpha value is -2.04. The summed E-state index contributed by atoms with van der Waals surface area (Å²) < 4.78 is 0. The van der Waals surface area contributed by atoms with Gasteiger partial charge in [0.05, 0.1) is 15.7 Å². The first-order valence-corrected chi connectivity index (χ1v) is 7.97. The molecular formula is C17H14Cl2N2O2. The second-order valence-corrected chi connectivity index (χ2v) is 6.06. The Balaban J connectivity index is 1.84. The normalized spacial score (nSPS) is 14.2. The predicted octanol–water partition coefficient (Wildman–Crippen LogP) is 4.37. The van der Waals surface area contributed by atoms with Crippen LogP contribution >= 0.6 is 23.2 Å². The van der Waals surface area contributed by atoms with Crippen molar-refractivity contribution in [1.29, 1.82) is 0 Å². The number of rotatable bonds is 3. The van der Waals surface area contributed by atoms with E-state index in [0.29, 0.717) is 34.3 Å². The van der Waals surface area contributed by atoms with Crippen molar-refractivity contribution >= 4 is 46.4 Å². The molecule has 23 heavy (non-hydrogen) atoms. The number of para-hydroxylation sites is 1. The first-order chi connectivity index (χ1) is 11.1. The highest BCUT2D eigenvalue weighted by molar-refractivity contribution is 6.40. The lowest BCUT2D eigenvalue weighted by molar-refractivity contribution is -0.117. The fourth-order valence-corrected chi connectivity index (χ4v) is 3.03. The molecular weight excluding hydrogens is 335 g/mol. The summed E-state index contributed by atoms with van der Waals surface area (Å²) in [6, 6.07) is 12.0.